The number of benzene rings is 1. The molecule has 0 aliphatic heterocycles. The van der Waals surface area contributed by atoms with Gasteiger partial charge in [-0.1, -0.05) is 0 Å². The van der Waals surface area contributed by atoms with Crippen molar-refractivity contribution in [2.45, 2.75) is 32.9 Å². The average molecular weight is 412 g/mol. The molecule has 160 valence electrons. The molecule has 0 radical (unpaired) electrons. The number of primary amides is 1. The van der Waals surface area contributed by atoms with Crippen LogP contribution < -0.4 is 22.1 Å². The predicted molar refractivity (Wildman–Crippen MR) is 117 cm³/mol. The van der Waals surface area contributed by atoms with Crippen molar-refractivity contribution < 1.29 is 9.53 Å². The van der Waals surface area contributed by atoms with Gasteiger partial charge in [-0.3, -0.25) is 4.79 Å². The minimum atomic E-state index is -0.720. The Morgan fingerprint density at radius 1 is 1.33 bits per heavy atom. The van der Waals surface area contributed by atoms with Crippen LogP contribution >= 0.6 is 0 Å². The molecule has 2 aromatic heterocycles. The van der Waals surface area contributed by atoms with Gasteiger partial charge in [0.05, 0.1) is 12.1 Å². The van der Waals surface area contributed by atoms with Gasteiger partial charge in [-0.25, -0.2) is 0 Å². The molecule has 0 aliphatic carbocycles. The number of anilines is 3. The first kappa shape index (κ1) is 21.5. The monoisotopic (exact) mass is 412 g/mol. The Kier molecular flexibility index (Phi) is 6.48. The third-order valence-electron chi connectivity index (χ3n) is 4.83. The van der Waals surface area contributed by atoms with E-state index in [-0.39, 0.29) is 29.5 Å². The van der Waals surface area contributed by atoms with Crippen molar-refractivity contribution >= 4 is 34.3 Å². The maximum atomic E-state index is 11.9. The number of carbonyl (C=O) groups is 1. The van der Waals surface area contributed by atoms with Crippen LogP contribution in [0, 0.1) is 6.92 Å². The van der Waals surface area contributed by atoms with Gasteiger partial charge < -0.3 is 31.4 Å². The number of nitrogens with two attached hydrogens (primary N) is 2. The van der Waals surface area contributed by atoms with Crippen molar-refractivity contribution in [3.05, 3.63) is 35.7 Å². The summed E-state index contributed by atoms with van der Waals surface area (Å²) >= 11 is 0. The van der Waals surface area contributed by atoms with Crippen LogP contribution in [0.4, 0.5) is 17.5 Å². The minimum absolute atomic E-state index is 0.0441. The van der Waals surface area contributed by atoms with Crippen LogP contribution in [-0.4, -0.2) is 51.0 Å². The molecule has 3 rings (SSSR count). The van der Waals surface area contributed by atoms with Crippen LogP contribution in [0.5, 0.6) is 0 Å². The van der Waals surface area contributed by atoms with E-state index in [1.165, 1.54) is 0 Å². The second kappa shape index (κ2) is 9.06. The van der Waals surface area contributed by atoms with Crippen molar-refractivity contribution in [2.75, 3.05) is 23.8 Å². The molecule has 10 heteroatoms. The minimum Gasteiger partial charge on any atom is -0.380 e. The molecular weight excluding hydrogens is 384 g/mol. The molecule has 1 amide bonds. The zero-order valence-corrected chi connectivity index (χ0v) is 17.6. The highest BCUT2D eigenvalue weighted by Crippen LogP contribution is 2.29. The highest BCUT2D eigenvalue weighted by atomic mass is 16.5. The van der Waals surface area contributed by atoms with E-state index in [2.05, 4.69) is 31.9 Å². The highest BCUT2D eigenvalue weighted by Gasteiger charge is 2.19. The smallest absolute Gasteiger partial charge is 0.273 e. The molecule has 0 unspecified atom stereocenters. The molecular formula is C20H28N8O2. The number of hydrogen-bond acceptors (Lipinski definition) is 8. The molecule has 3 aromatic rings. The van der Waals surface area contributed by atoms with Crippen molar-refractivity contribution in [1.29, 1.82) is 0 Å². The van der Waals surface area contributed by atoms with Crippen molar-refractivity contribution in [2.24, 2.45) is 18.5 Å². The maximum Gasteiger partial charge on any atom is 0.273 e. The number of amides is 1. The molecule has 0 fully saturated rings. The van der Waals surface area contributed by atoms with Gasteiger partial charge in [0.1, 0.15) is 0 Å². The lowest BCUT2D eigenvalue weighted by Gasteiger charge is -2.21. The van der Waals surface area contributed by atoms with Crippen LogP contribution in [0.1, 0.15) is 29.9 Å². The lowest BCUT2D eigenvalue weighted by molar-refractivity contribution is 0.0995. The molecule has 0 spiro atoms. The summed E-state index contributed by atoms with van der Waals surface area (Å²) < 4.78 is 7.39. The Bertz CT molecular complexity index is 1050. The SMILES string of the molecule is CCOC[C@H](N)[C@@H](C)Nc1nnc(C(N)=O)c(Nc2cc(C)cc3c2ccn3C)n1. The number of nitrogens with one attached hydrogen (secondary N) is 2. The average Bonchev–Trinajstić information content (AvgIpc) is 3.06. The van der Waals surface area contributed by atoms with E-state index in [9.17, 15) is 4.79 Å². The quantitative estimate of drug-likeness (QED) is 0.415. The Morgan fingerprint density at radius 2 is 2.10 bits per heavy atom. The lowest BCUT2D eigenvalue weighted by Crippen LogP contribution is -2.42. The first-order valence-electron chi connectivity index (χ1n) is 9.77. The number of carbonyl (C=O) groups excluding carboxylic acids is 1. The second-order valence-electron chi connectivity index (χ2n) is 7.25. The second-order valence-corrected chi connectivity index (χ2v) is 7.25. The van der Waals surface area contributed by atoms with Crippen LogP contribution in [0.3, 0.4) is 0 Å². The number of hydrogen-bond donors (Lipinski definition) is 4. The van der Waals surface area contributed by atoms with Crippen LogP contribution in [0.25, 0.3) is 10.9 Å². The maximum absolute atomic E-state index is 11.9. The van der Waals surface area contributed by atoms with E-state index in [1.54, 1.807) is 0 Å². The third kappa shape index (κ3) is 4.66. The normalized spacial score (nSPS) is 13.2. The summed E-state index contributed by atoms with van der Waals surface area (Å²) in [5.74, 6) is -0.262. The predicted octanol–water partition coefficient (Wildman–Crippen LogP) is 1.68. The summed E-state index contributed by atoms with van der Waals surface area (Å²) in [6.07, 6.45) is 1.97. The van der Waals surface area contributed by atoms with E-state index in [0.29, 0.717) is 13.2 Å². The third-order valence-corrected chi connectivity index (χ3v) is 4.83. The molecule has 2 atom stereocenters. The molecule has 2 heterocycles. The van der Waals surface area contributed by atoms with Gasteiger partial charge in [-0.05, 0) is 44.5 Å². The molecule has 0 saturated carbocycles. The number of nitrogens with zero attached hydrogens (tertiary/aromatic N) is 4. The van der Waals surface area contributed by atoms with Gasteiger partial charge >= 0.3 is 0 Å². The fraction of sp³-hybridized carbons (Fsp3) is 0.400. The Labute approximate surface area is 175 Å². The van der Waals surface area contributed by atoms with E-state index < -0.39 is 5.91 Å². The van der Waals surface area contributed by atoms with Crippen LogP contribution in [0.2, 0.25) is 0 Å². The van der Waals surface area contributed by atoms with E-state index in [1.807, 2.05) is 50.7 Å². The van der Waals surface area contributed by atoms with Crippen LogP contribution in [-0.2, 0) is 11.8 Å². The summed E-state index contributed by atoms with van der Waals surface area (Å²) in [6.45, 7) is 6.80. The first-order chi connectivity index (χ1) is 14.3. The molecule has 1 aromatic carbocycles. The molecule has 10 nitrogen and oxygen atoms in total. The molecule has 6 N–H and O–H groups in total. The number of aromatic nitrogens is 4. The van der Waals surface area contributed by atoms with Gasteiger partial charge in [-0.2, -0.15) is 4.98 Å². The van der Waals surface area contributed by atoms with Crippen molar-refractivity contribution in [1.82, 2.24) is 19.7 Å². The molecule has 0 saturated heterocycles. The Morgan fingerprint density at radius 3 is 2.80 bits per heavy atom. The largest absolute Gasteiger partial charge is 0.380 e. The van der Waals surface area contributed by atoms with Gasteiger partial charge in [0, 0.05) is 43.0 Å². The zero-order chi connectivity index (χ0) is 21.8. The number of fused-ring (bicyclic) bond motifs is 1. The van der Waals surface area contributed by atoms with E-state index in [4.69, 9.17) is 16.2 Å². The fourth-order valence-electron chi connectivity index (χ4n) is 3.09. The van der Waals surface area contributed by atoms with Gasteiger partial charge in [0.2, 0.25) is 5.95 Å². The van der Waals surface area contributed by atoms with Gasteiger partial charge in [0.25, 0.3) is 5.91 Å². The van der Waals surface area contributed by atoms with Gasteiger partial charge in [-0.15, -0.1) is 10.2 Å². The summed E-state index contributed by atoms with van der Waals surface area (Å²) in [4.78, 5) is 16.3. The number of rotatable bonds is 9. The fourth-order valence-corrected chi connectivity index (χ4v) is 3.09. The topological polar surface area (TPSA) is 146 Å². The van der Waals surface area contributed by atoms with Gasteiger partial charge in [0.15, 0.2) is 11.5 Å². The molecule has 30 heavy (non-hydrogen) atoms. The Hall–Kier alpha value is -3.24. The lowest BCUT2D eigenvalue weighted by atomic mass is 10.1. The summed E-state index contributed by atoms with van der Waals surface area (Å²) in [7, 11) is 1.97. The van der Waals surface area contributed by atoms with E-state index in [0.717, 1.165) is 22.2 Å². The molecule has 0 bridgehead atoms. The Balaban J connectivity index is 1.92. The van der Waals surface area contributed by atoms with Crippen LogP contribution in [0.15, 0.2) is 24.4 Å². The summed E-state index contributed by atoms with van der Waals surface area (Å²) in [5.41, 5.74) is 14.5. The molecule has 0 aliphatic rings. The number of ether oxygens (including phenoxy) is 1. The summed E-state index contributed by atoms with van der Waals surface area (Å²) in [5, 5.41) is 15.2. The van der Waals surface area contributed by atoms with Crippen molar-refractivity contribution in [3.63, 3.8) is 0 Å². The number of aryl methyl sites for hydroxylation is 2. The summed E-state index contributed by atoms with van der Waals surface area (Å²) in [6, 6.07) is 5.61. The zero-order valence-electron chi connectivity index (χ0n) is 17.6. The standard InChI is InChI=1S/C20H28N8O2/c1-5-30-10-14(21)12(3)23-20-25-19(17(18(22)29)26-27-20)24-15-8-11(2)9-16-13(15)6-7-28(16)4/h6-9,12,14H,5,10,21H2,1-4H3,(H2,22,29)(H2,23,24,25,27)/t12-,14+/m1/s1. The highest BCUT2D eigenvalue weighted by molar-refractivity contribution is 5.99. The first-order valence-corrected chi connectivity index (χ1v) is 9.77. The van der Waals surface area contributed by atoms with E-state index >= 15 is 0 Å². The van der Waals surface area contributed by atoms with Crippen molar-refractivity contribution in [3.8, 4) is 0 Å².